The van der Waals surface area contributed by atoms with Crippen LogP contribution in [0.2, 0.25) is 0 Å². The third-order valence-electron chi connectivity index (χ3n) is 5.53. The number of esters is 1. The molecular weight excluding hydrogens is 298 g/mol. The van der Waals surface area contributed by atoms with Crippen LogP contribution in [-0.2, 0) is 19.0 Å². The van der Waals surface area contributed by atoms with Crippen LogP contribution < -0.4 is 0 Å². The van der Waals surface area contributed by atoms with Gasteiger partial charge in [-0.3, -0.25) is 9.69 Å². The molecule has 2 aliphatic heterocycles. The topological polar surface area (TPSA) is 68.2 Å². The van der Waals surface area contributed by atoms with Gasteiger partial charge in [0.15, 0.2) is 5.79 Å². The van der Waals surface area contributed by atoms with Crippen LogP contribution in [0.5, 0.6) is 0 Å². The highest BCUT2D eigenvalue weighted by molar-refractivity contribution is 5.73. The zero-order chi connectivity index (χ0) is 16.4. The molecular formula is C17H29NO5. The Hall–Kier alpha value is -0.690. The third kappa shape index (κ3) is 3.27. The van der Waals surface area contributed by atoms with Crippen LogP contribution in [0.3, 0.4) is 0 Å². The normalized spacial score (nSPS) is 36.8. The minimum atomic E-state index is -0.683. The number of fused-ring (bicyclic) bond motifs is 1. The van der Waals surface area contributed by atoms with Gasteiger partial charge in [-0.2, -0.15) is 0 Å². The van der Waals surface area contributed by atoms with Crippen LogP contribution >= 0.6 is 0 Å². The van der Waals surface area contributed by atoms with Crippen LogP contribution in [-0.4, -0.2) is 66.8 Å². The van der Waals surface area contributed by atoms with Gasteiger partial charge in [0, 0.05) is 31.3 Å². The van der Waals surface area contributed by atoms with E-state index in [2.05, 4.69) is 11.8 Å². The van der Waals surface area contributed by atoms with Crippen LogP contribution in [0.1, 0.15) is 39.5 Å². The SMILES string of the molecule is CCCN1C[C@H](C(=O)OCC)[C@@H](O)C2CC3(CCC21)OCCO3. The molecule has 0 radical (unpaired) electrons. The van der Waals surface area contributed by atoms with E-state index in [1.165, 1.54) is 0 Å². The molecule has 0 aromatic carbocycles. The van der Waals surface area contributed by atoms with Crippen molar-refractivity contribution in [2.24, 2.45) is 11.8 Å². The molecule has 0 amide bonds. The first-order valence-corrected chi connectivity index (χ1v) is 8.97. The van der Waals surface area contributed by atoms with Gasteiger partial charge in [0.25, 0.3) is 0 Å². The summed E-state index contributed by atoms with van der Waals surface area (Å²) in [6.45, 7) is 7.06. The number of aliphatic hydroxyl groups is 1. The Morgan fingerprint density at radius 3 is 2.74 bits per heavy atom. The number of hydrogen-bond acceptors (Lipinski definition) is 6. The molecule has 2 unspecified atom stereocenters. The maximum absolute atomic E-state index is 12.3. The van der Waals surface area contributed by atoms with E-state index in [0.717, 1.165) is 25.8 Å². The zero-order valence-corrected chi connectivity index (χ0v) is 14.2. The van der Waals surface area contributed by atoms with Gasteiger partial charge in [-0.25, -0.2) is 0 Å². The highest BCUT2D eigenvalue weighted by Crippen LogP contribution is 2.45. The summed E-state index contributed by atoms with van der Waals surface area (Å²) in [5.74, 6) is -1.31. The Kier molecular flexibility index (Phi) is 5.26. The molecule has 1 N–H and O–H groups in total. The molecule has 6 nitrogen and oxygen atoms in total. The van der Waals surface area contributed by atoms with Crippen molar-refractivity contribution in [2.75, 3.05) is 32.9 Å². The van der Waals surface area contributed by atoms with Gasteiger partial charge in [0.05, 0.1) is 31.8 Å². The molecule has 3 aliphatic rings. The molecule has 3 fully saturated rings. The second kappa shape index (κ2) is 7.05. The lowest BCUT2D eigenvalue weighted by Gasteiger charge is -2.52. The average Bonchev–Trinajstić information content (AvgIpc) is 2.98. The molecule has 0 aromatic heterocycles. The van der Waals surface area contributed by atoms with Crippen molar-refractivity contribution in [2.45, 2.75) is 57.5 Å². The van der Waals surface area contributed by atoms with E-state index in [4.69, 9.17) is 14.2 Å². The van der Waals surface area contributed by atoms with E-state index in [0.29, 0.717) is 38.8 Å². The summed E-state index contributed by atoms with van der Waals surface area (Å²) < 4.78 is 16.9. The van der Waals surface area contributed by atoms with E-state index in [1.54, 1.807) is 6.92 Å². The van der Waals surface area contributed by atoms with E-state index in [9.17, 15) is 9.90 Å². The number of nitrogens with zero attached hydrogens (tertiary/aromatic N) is 1. The smallest absolute Gasteiger partial charge is 0.312 e. The molecule has 1 aliphatic carbocycles. The van der Waals surface area contributed by atoms with Crippen LogP contribution in [0.25, 0.3) is 0 Å². The first-order chi connectivity index (χ1) is 11.1. The fourth-order valence-electron chi connectivity index (χ4n) is 4.54. The van der Waals surface area contributed by atoms with Gasteiger partial charge in [0.2, 0.25) is 0 Å². The van der Waals surface area contributed by atoms with Crippen molar-refractivity contribution >= 4 is 5.97 Å². The first kappa shape index (κ1) is 17.1. The summed E-state index contributed by atoms with van der Waals surface area (Å²) in [6.07, 6.45) is 2.82. The molecule has 2 saturated heterocycles. The van der Waals surface area contributed by atoms with Crippen molar-refractivity contribution in [1.82, 2.24) is 4.90 Å². The van der Waals surface area contributed by atoms with E-state index >= 15 is 0 Å². The van der Waals surface area contributed by atoms with Gasteiger partial charge >= 0.3 is 5.97 Å². The maximum atomic E-state index is 12.3. The van der Waals surface area contributed by atoms with Gasteiger partial charge in [0.1, 0.15) is 0 Å². The number of carbonyl (C=O) groups is 1. The molecule has 132 valence electrons. The summed E-state index contributed by atoms with van der Waals surface area (Å²) >= 11 is 0. The molecule has 2 heterocycles. The third-order valence-corrected chi connectivity index (χ3v) is 5.53. The summed E-state index contributed by atoms with van der Waals surface area (Å²) in [6, 6.07) is 0.300. The predicted octanol–water partition coefficient (Wildman–Crippen LogP) is 1.16. The Morgan fingerprint density at radius 1 is 1.35 bits per heavy atom. The Balaban J connectivity index is 1.79. The lowest BCUT2D eigenvalue weighted by Crippen LogP contribution is -2.62. The number of ether oxygens (including phenoxy) is 3. The minimum Gasteiger partial charge on any atom is -0.466 e. The highest BCUT2D eigenvalue weighted by atomic mass is 16.7. The van der Waals surface area contributed by atoms with Crippen molar-refractivity contribution in [3.8, 4) is 0 Å². The standard InChI is InChI=1S/C17H29NO5/c1-3-7-18-11-13(16(20)21-4-2)15(19)12-10-17(6-5-14(12)18)22-8-9-23-17/h12-15,19H,3-11H2,1-2H3/t12?,13-,14?,15-/m0/s1. The molecule has 4 atom stereocenters. The summed E-state index contributed by atoms with van der Waals surface area (Å²) in [7, 11) is 0. The van der Waals surface area contributed by atoms with Crippen molar-refractivity contribution in [1.29, 1.82) is 0 Å². The first-order valence-electron chi connectivity index (χ1n) is 8.97. The van der Waals surface area contributed by atoms with Crippen molar-refractivity contribution in [3.63, 3.8) is 0 Å². The summed E-state index contributed by atoms with van der Waals surface area (Å²) in [4.78, 5) is 14.6. The summed E-state index contributed by atoms with van der Waals surface area (Å²) in [5.41, 5.74) is 0. The van der Waals surface area contributed by atoms with Crippen molar-refractivity contribution < 1.29 is 24.1 Å². The van der Waals surface area contributed by atoms with Gasteiger partial charge in [-0.15, -0.1) is 0 Å². The van der Waals surface area contributed by atoms with Gasteiger partial charge in [-0.05, 0) is 26.3 Å². The highest BCUT2D eigenvalue weighted by Gasteiger charge is 2.53. The number of piperidine rings is 1. The number of aliphatic hydroxyl groups excluding tert-OH is 1. The van der Waals surface area contributed by atoms with Crippen LogP contribution in [0.4, 0.5) is 0 Å². The molecule has 0 bridgehead atoms. The minimum absolute atomic E-state index is 0.00319. The van der Waals surface area contributed by atoms with Crippen molar-refractivity contribution in [3.05, 3.63) is 0 Å². The Morgan fingerprint density at radius 2 is 2.09 bits per heavy atom. The fraction of sp³-hybridized carbons (Fsp3) is 0.941. The monoisotopic (exact) mass is 327 g/mol. The van der Waals surface area contributed by atoms with Crippen LogP contribution in [0, 0.1) is 11.8 Å². The molecule has 0 aromatic rings. The summed E-state index contributed by atoms with van der Waals surface area (Å²) in [5, 5.41) is 10.9. The largest absolute Gasteiger partial charge is 0.466 e. The zero-order valence-electron chi connectivity index (χ0n) is 14.2. The maximum Gasteiger partial charge on any atom is 0.312 e. The number of likely N-dealkylation sites (tertiary alicyclic amines) is 1. The lowest BCUT2D eigenvalue weighted by atomic mass is 9.70. The average molecular weight is 327 g/mol. The second-order valence-corrected chi connectivity index (χ2v) is 6.93. The Bertz CT molecular complexity index is 423. The van der Waals surface area contributed by atoms with Crippen LogP contribution in [0.15, 0.2) is 0 Å². The molecule has 6 heteroatoms. The van der Waals surface area contributed by atoms with E-state index in [1.807, 2.05) is 0 Å². The predicted molar refractivity (Wildman–Crippen MR) is 83.8 cm³/mol. The van der Waals surface area contributed by atoms with Gasteiger partial charge < -0.3 is 19.3 Å². The number of rotatable bonds is 4. The molecule has 23 heavy (non-hydrogen) atoms. The lowest BCUT2D eigenvalue weighted by molar-refractivity contribution is -0.220. The molecule has 3 rings (SSSR count). The van der Waals surface area contributed by atoms with Gasteiger partial charge in [-0.1, -0.05) is 6.92 Å². The second-order valence-electron chi connectivity index (χ2n) is 6.93. The van der Waals surface area contributed by atoms with E-state index in [-0.39, 0.29) is 11.9 Å². The number of carbonyl (C=O) groups excluding carboxylic acids is 1. The van der Waals surface area contributed by atoms with E-state index < -0.39 is 17.8 Å². The number of hydrogen-bond donors (Lipinski definition) is 1. The molecule has 1 spiro atoms. The fourth-order valence-corrected chi connectivity index (χ4v) is 4.54. The quantitative estimate of drug-likeness (QED) is 0.782. The Labute approximate surface area is 138 Å². The molecule has 1 saturated carbocycles.